The van der Waals surface area contributed by atoms with Crippen molar-refractivity contribution >= 4 is 28.3 Å². The molecule has 0 fully saturated rings. The van der Waals surface area contributed by atoms with Crippen LogP contribution in [0.15, 0.2) is 47.1 Å². The number of nitrogens with zero attached hydrogens (tertiary/aromatic N) is 5. The number of non-ortho nitro benzene ring substituents is 1. The third-order valence-electron chi connectivity index (χ3n) is 5.39. The molecule has 5 rings (SSSR count). The highest BCUT2D eigenvalue weighted by molar-refractivity contribution is 6.15. The van der Waals surface area contributed by atoms with Crippen LogP contribution in [0, 0.1) is 17.0 Å². The van der Waals surface area contributed by atoms with Crippen LogP contribution in [0.5, 0.6) is 0 Å². The van der Waals surface area contributed by atoms with E-state index in [1.54, 1.807) is 47.2 Å². The van der Waals surface area contributed by atoms with E-state index in [4.69, 9.17) is 4.42 Å². The van der Waals surface area contributed by atoms with Gasteiger partial charge in [-0.2, -0.15) is 5.10 Å². The van der Waals surface area contributed by atoms with E-state index in [1.807, 2.05) is 6.92 Å². The molecule has 1 aromatic carbocycles. The van der Waals surface area contributed by atoms with Gasteiger partial charge in [-0.25, -0.2) is 4.98 Å². The van der Waals surface area contributed by atoms with Crippen molar-refractivity contribution in [3.05, 3.63) is 69.6 Å². The lowest BCUT2D eigenvalue weighted by Gasteiger charge is -2.18. The fraction of sp³-hybridized carbons (Fsp3) is 0.190. The molecule has 0 bridgehead atoms. The number of hydrogen-bond acceptors (Lipinski definition) is 6. The van der Waals surface area contributed by atoms with E-state index in [-0.39, 0.29) is 11.6 Å². The highest BCUT2D eigenvalue weighted by atomic mass is 16.6. The lowest BCUT2D eigenvalue weighted by atomic mass is 10.1. The third-order valence-corrected chi connectivity index (χ3v) is 5.39. The molecule has 9 nitrogen and oxygen atoms in total. The molecule has 0 atom stereocenters. The molecular weight excluding hydrogens is 386 g/mol. The van der Waals surface area contributed by atoms with Gasteiger partial charge in [-0.1, -0.05) is 6.07 Å². The Bertz CT molecular complexity index is 1320. The summed E-state index contributed by atoms with van der Waals surface area (Å²) in [7, 11) is 1.77. The van der Waals surface area contributed by atoms with E-state index in [2.05, 4.69) is 10.1 Å². The van der Waals surface area contributed by atoms with E-state index in [0.29, 0.717) is 52.4 Å². The second-order valence-corrected chi connectivity index (χ2v) is 7.22. The first-order valence-corrected chi connectivity index (χ1v) is 9.41. The van der Waals surface area contributed by atoms with Crippen molar-refractivity contribution in [1.29, 1.82) is 0 Å². The van der Waals surface area contributed by atoms with Crippen LogP contribution in [0.3, 0.4) is 0 Å². The predicted octanol–water partition coefficient (Wildman–Crippen LogP) is 3.65. The quantitative estimate of drug-likeness (QED) is 0.382. The number of amides is 1. The summed E-state index contributed by atoms with van der Waals surface area (Å²) in [5.41, 5.74) is 3.67. The van der Waals surface area contributed by atoms with E-state index in [9.17, 15) is 14.9 Å². The van der Waals surface area contributed by atoms with Gasteiger partial charge < -0.3 is 9.32 Å². The van der Waals surface area contributed by atoms with Crippen molar-refractivity contribution in [2.24, 2.45) is 7.05 Å². The number of nitro benzene ring substituents is 1. The molecule has 0 unspecified atom stereocenters. The molecule has 0 radical (unpaired) electrons. The summed E-state index contributed by atoms with van der Waals surface area (Å²) >= 11 is 0. The van der Waals surface area contributed by atoms with Gasteiger partial charge in [0.05, 0.1) is 33.5 Å². The molecule has 150 valence electrons. The molecule has 30 heavy (non-hydrogen) atoms. The molecule has 9 heteroatoms. The Labute approximate surface area is 170 Å². The van der Waals surface area contributed by atoms with Crippen LogP contribution in [0.1, 0.15) is 21.6 Å². The number of carbonyl (C=O) groups is 1. The number of anilines is 1. The average Bonchev–Trinajstić information content (AvgIpc) is 3.46. The van der Waals surface area contributed by atoms with Crippen molar-refractivity contribution in [1.82, 2.24) is 14.8 Å². The Kier molecular flexibility index (Phi) is 3.92. The molecule has 1 aliphatic heterocycles. The number of carbonyl (C=O) groups excluding carboxylic acids is 1. The Balaban J connectivity index is 1.68. The molecule has 0 N–H and O–H groups in total. The smallest absolute Gasteiger partial charge is 0.271 e. The van der Waals surface area contributed by atoms with E-state index in [1.165, 1.54) is 12.1 Å². The van der Waals surface area contributed by atoms with Gasteiger partial charge in [0.25, 0.3) is 11.6 Å². The molecule has 1 aliphatic rings. The largest absolute Gasteiger partial charge is 0.463 e. The third kappa shape index (κ3) is 2.66. The van der Waals surface area contributed by atoms with Crippen LogP contribution in [-0.2, 0) is 13.5 Å². The van der Waals surface area contributed by atoms with Crippen LogP contribution < -0.4 is 4.90 Å². The van der Waals surface area contributed by atoms with Crippen LogP contribution in [0.25, 0.3) is 22.5 Å². The fourth-order valence-electron chi connectivity index (χ4n) is 4.00. The normalized spacial score (nSPS) is 13.1. The molecule has 4 aromatic rings. The number of aromatic nitrogens is 3. The highest BCUT2D eigenvalue weighted by Crippen LogP contribution is 2.35. The van der Waals surface area contributed by atoms with Crippen LogP contribution in [-0.4, -0.2) is 32.1 Å². The van der Waals surface area contributed by atoms with Gasteiger partial charge in [0.2, 0.25) is 0 Å². The first-order valence-electron chi connectivity index (χ1n) is 9.41. The summed E-state index contributed by atoms with van der Waals surface area (Å²) < 4.78 is 7.12. The van der Waals surface area contributed by atoms with Crippen LogP contribution in [0.4, 0.5) is 11.4 Å². The zero-order chi connectivity index (χ0) is 21.0. The van der Waals surface area contributed by atoms with Crippen molar-refractivity contribution in [3.63, 3.8) is 0 Å². The monoisotopic (exact) mass is 403 g/mol. The van der Waals surface area contributed by atoms with Crippen LogP contribution in [0.2, 0.25) is 0 Å². The van der Waals surface area contributed by atoms with Gasteiger partial charge >= 0.3 is 0 Å². The number of aryl methyl sites for hydroxylation is 2. The van der Waals surface area contributed by atoms with Crippen molar-refractivity contribution in [2.45, 2.75) is 13.3 Å². The predicted molar refractivity (Wildman–Crippen MR) is 109 cm³/mol. The number of fused-ring (bicyclic) bond motifs is 2. The molecule has 0 saturated heterocycles. The lowest BCUT2D eigenvalue weighted by Crippen LogP contribution is -2.29. The summed E-state index contributed by atoms with van der Waals surface area (Å²) in [6.07, 6.45) is 2.19. The van der Waals surface area contributed by atoms with Gasteiger partial charge in [-0.3, -0.25) is 19.6 Å². The zero-order valence-electron chi connectivity index (χ0n) is 16.3. The maximum absolute atomic E-state index is 13.6. The van der Waals surface area contributed by atoms with Crippen molar-refractivity contribution in [2.75, 3.05) is 11.4 Å². The maximum atomic E-state index is 13.6. The Morgan fingerprint density at radius 2 is 2.10 bits per heavy atom. The minimum atomic E-state index is -0.452. The van der Waals surface area contributed by atoms with Crippen LogP contribution >= 0.6 is 0 Å². The van der Waals surface area contributed by atoms with E-state index in [0.717, 1.165) is 5.56 Å². The molecular formula is C21H17N5O4. The van der Waals surface area contributed by atoms with Gasteiger partial charge in [0, 0.05) is 25.7 Å². The number of nitro groups is 1. The number of benzene rings is 1. The summed E-state index contributed by atoms with van der Waals surface area (Å²) in [4.78, 5) is 30.6. The number of pyridine rings is 1. The van der Waals surface area contributed by atoms with Gasteiger partial charge in [0.1, 0.15) is 5.69 Å². The first kappa shape index (κ1) is 18.0. The molecule has 0 spiro atoms. The summed E-state index contributed by atoms with van der Waals surface area (Å²) in [6, 6.07) is 9.88. The maximum Gasteiger partial charge on any atom is 0.271 e. The second kappa shape index (κ2) is 6.51. The second-order valence-electron chi connectivity index (χ2n) is 7.22. The molecule has 0 aliphatic carbocycles. The van der Waals surface area contributed by atoms with Crippen molar-refractivity contribution < 1.29 is 14.1 Å². The SMILES string of the molecule is Cc1nn(C)c2nc(-c3ccco3)cc(C(=O)N3CCc4ccc([N+](=O)[O-])cc43)c12. The topological polar surface area (TPSA) is 107 Å². The van der Waals surface area contributed by atoms with E-state index < -0.39 is 4.92 Å². The average molecular weight is 403 g/mol. The summed E-state index contributed by atoms with van der Waals surface area (Å²) in [5.74, 6) is 0.299. The number of hydrogen-bond donors (Lipinski definition) is 0. The first-order chi connectivity index (χ1) is 14.4. The Morgan fingerprint density at radius 3 is 2.83 bits per heavy atom. The van der Waals surface area contributed by atoms with Crippen molar-refractivity contribution in [3.8, 4) is 11.5 Å². The minimum Gasteiger partial charge on any atom is -0.463 e. The fourth-order valence-corrected chi connectivity index (χ4v) is 4.00. The number of rotatable bonds is 3. The van der Waals surface area contributed by atoms with Gasteiger partial charge in [-0.15, -0.1) is 0 Å². The van der Waals surface area contributed by atoms with Gasteiger partial charge in [-0.05, 0) is 37.1 Å². The Hall–Kier alpha value is -4.01. The van der Waals surface area contributed by atoms with E-state index >= 15 is 0 Å². The molecule has 1 amide bonds. The standard InChI is InChI=1S/C21H17N5O4/c1-12-19-15(11-16(18-4-3-9-30-18)22-20(19)24(2)23-12)21(27)25-8-7-13-5-6-14(26(28)29)10-17(13)25/h3-6,9-11H,7-8H2,1-2H3. The lowest BCUT2D eigenvalue weighted by molar-refractivity contribution is -0.384. The summed E-state index contributed by atoms with van der Waals surface area (Å²) in [6.45, 7) is 2.28. The molecule has 4 heterocycles. The van der Waals surface area contributed by atoms with Gasteiger partial charge in [0.15, 0.2) is 11.4 Å². The highest BCUT2D eigenvalue weighted by Gasteiger charge is 2.30. The molecule has 3 aromatic heterocycles. The minimum absolute atomic E-state index is 0.0397. The number of furan rings is 1. The Morgan fingerprint density at radius 1 is 1.27 bits per heavy atom. The molecule has 0 saturated carbocycles. The zero-order valence-corrected chi connectivity index (χ0v) is 16.3. The summed E-state index contributed by atoms with van der Waals surface area (Å²) in [5, 5.41) is 16.3.